The minimum Gasteiger partial charge on any atom is -0.337 e. The van der Waals surface area contributed by atoms with Crippen molar-refractivity contribution < 1.29 is 22.8 Å². The van der Waals surface area contributed by atoms with Gasteiger partial charge in [0, 0.05) is 49.4 Å². The molecule has 0 saturated carbocycles. The van der Waals surface area contributed by atoms with Crippen molar-refractivity contribution in [3.8, 4) is 11.1 Å². The minimum atomic E-state index is -4.40. The van der Waals surface area contributed by atoms with Crippen molar-refractivity contribution in [3.05, 3.63) is 95.6 Å². The Hall–Kier alpha value is -3.65. The largest absolute Gasteiger partial charge is 0.416 e. The Kier molecular flexibility index (Phi) is 7.25. The first kappa shape index (κ1) is 26.0. The van der Waals surface area contributed by atoms with Crippen LogP contribution >= 0.6 is 0 Å². The van der Waals surface area contributed by atoms with Crippen LogP contribution in [0.4, 0.5) is 13.2 Å². The van der Waals surface area contributed by atoms with Crippen molar-refractivity contribution in [3.63, 3.8) is 0 Å². The number of carbonyl (C=O) groups excluding carboxylic acids is 2. The van der Waals surface area contributed by atoms with Crippen LogP contribution in [-0.2, 0) is 6.18 Å². The number of nitrogens with zero attached hydrogens (tertiary/aromatic N) is 3. The van der Waals surface area contributed by atoms with Crippen LogP contribution in [0.3, 0.4) is 0 Å². The second kappa shape index (κ2) is 10.6. The van der Waals surface area contributed by atoms with Gasteiger partial charge in [-0.25, -0.2) is 0 Å². The Morgan fingerprint density at radius 2 is 1.42 bits per heavy atom. The quantitative estimate of drug-likeness (QED) is 0.434. The summed E-state index contributed by atoms with van der Waals surface area (Å²) in [6.45, 7) is 5.59. The standard InChI is InChI=1S/C30H30F3N3O2/c1-2-36(26-15-16-34(18-26)28(37)22-7-4-3-5-8-22)27-19-35(20-27)29(38)23-13-11-21(12-14-23)24-9-6-10-25(17-24)30(31,32)33/h3-14,17,26-27H,2,15-16,18-20H2,1H3/t26-/m0/s1. The van der Waals surface area contributed by atoms with E-state index in [9.17, 15) is 22.8 Å². The zero-order chi connectivity index (χ0) is 26.9. The number of amides is 2. The molecule has 0 aliphatic carbocycles. The predicted octanol–water partition coefficient (Wildman–Crippen LogP) is 5.43. The number of carbonyl (C=O) groups is 2. The lowest BCUT2D eigenvalue weighted by molar-refractivity contribution is -0.137. The van der Waals surface area contributed by atoms with Gasteiger partial charge in [-0.15, -0.1) is 0 Å². The van der Waals surface area contributed by atoms with Crippen LogP contribution in [-0.4, -0.2) is 71.3 Å². The third kappa shape index (κ3) is 5.31. The molecule has 0 spiro atoms. The minimum absolute atomic E-state index is 0.0585. The summed E-state index contributed by atoms with van der Waals surface area (Å²) < 4.78 is 39.2. The van der Waals surface area contributed by atoms with Crippen LogP contribution in [0.1, 0.15) is 39.6 Å². The molecule has 0 bridgehead atoms. The van der Waals surface area contributed by atoms with Gasteiger partial charge in [-0.3, -0.25) is 14.5 Å². The average Bonchev–Trinajstić information content (AvgIpc) is 3.40. The van der Waals surface area contributed by atoms with Gasteiger partial charge in [0.1, 0.15) is 0 Å². The highest BCUT2D eigenvalue weighted by atomic mass is 19.4. The highest BCUT2D eigenvalue weighted by Gasteiger charge is 2.40. The number of likely N-dealkylation sites (tertiary alicyclic amines) is 2. The van der Waals surface area contributed by atoms with Gasteiger partial charge in [0.25, 0.3) is 11.8 Å². The van der Waals surface area contributed by atoms with Crippen molar-refractivity contribution >= 4 is 11.8 Å². The van der Waals surface area contributed by atoms with Gasteiger partial charge >= 0.3 is 6.18 Å². The normalized spacial score (nSPS) is 18.1. The smallest absolute Gasteiger partial charge is 0.337 e. The second-order valence-corrected chi connectivity index (χ2v) is 9.91. The fourth-order valence-corrected chi connectivity index (χ4v) is 5.47. The Balaban J connectivity index is 1.17. The fourth-order valence-electron chi connectivity index (χ4n) is 5.47. The highest BCUT2D eigenvalue weighted by Crippen LogP contribution is 2.32. The van der Waals surface area contributed by atoms with Crippen LogP contribution in [0.5, 0.6) is 0 Å². The summed E-state index contributed by atoms with van der Waals surface area (Å²) in [4.78, 5) is 32.0. The molecule has 2 heterocycles. The molecule has 1 atom stereocenters. The molecule has 38 heavy (non-hydrogen) atoms. The van der Waals surface area contributed by atoms with E-state index in [1.54, 1.807) is 35.2 Å². The van der Waals surface area contributed by atoms with Crippen LogP contribution in [0, 0.1) is 0 Å². The third-order valence-electron chi connectivity index (χ3n) is 7.58. The van der Waals surface area contributed by atoms with Gasteiger partial charge < -0.3 is 9.80 Å². The molecule has 2 amide bonds. The number of rotatable bonds is 6. The molecule has 2 saturated heterocycles. The number of halogens is 3. The second-order valence-electron chi connectivity index (χ2n) is 9.91. The van der Waals surface area contributed by atoms with Gasteiger partial charge in [-0.05, 0) is 60.5 Å². The molecule has 0 aromatic heterocycles. The maximum Gasteiger partial charge on any atom is 0.416 e. The average molecular weight is 522 g/mol. The van der Waals surface area contributed by atoms with Gasteiger partial charge in [0.05, 0.1) is 5.56 Å². The molecule has 5 rings (SSSR count). The van der Waals surface area contributed by atoms with E-state index in [-0.39, 0.29) is 23.9 Å². The summed E-state index contributed by atoms with van der Waals surface area (Å²) >= 11 is 0. The summed E-state index contributed by atoms with van der Waals surface area (Å²) in [5.41, 5.74) is 1.61. The lowest BCUT2D eigenvalue weighted by Crippen LogP contribution is -2.63. The van der Waals surface area contributed by atoms with Crippen LogP contribution in [0.2, 0.25) is 0 Å². The highest BCUT2D eigenvalue weighted by molar-refractivity contribution is 5.95. The molecule has 2 aliphatic rings. The molecule has 3 aromatic rings. The molecule has 2 aliphatic heterocycles. The van der Waals surface area contributed by atoms with E-state index in [4.69, 9.17) is 0 Å². The molecule has 0 unspecified atom stereocenters. The maximum absolute atomic E-state index is 13.1. The molecule has 198 valence electrons. The van der Waals surface area contributed by atoms with E-state index in [0.29, 0.717) is 41.9 Å². The summed E-state index contributed by atoms with van der Waals surface area (Å²) in [6, 6.07) is 21.7. The monoisotopic (exact) mass is 521 g/mol. The van der Waals surface area contributed by atoms with Crippen molar-refractivity contribution in [2.45, 2.75) is 31.6 Å². The Morgan fingerprint density at radius 1 is 0.789 bits per heavy atom. The molecular weight excluding hydrogens is 491 g/mol. The fraction of sp³-hybridized carbons (Fsp3) is 0.333. The summed E-state index contributed by atoms with van der Waals surface area (Å²) in [5.74, 6) is -0.0247. The van der Waals surface area contributed by atoms with E-state index in [0.717, 1.165) is 31.6 Å². The van der Waals surface area contributed by atoms with E-state index < -0.39 is 11.7 Å². The van der Waals surface area contributed by atoms with Gasteiger partial charge in [-0.1, -0.05) is 49.4 Å². The number of hydrogen-bond acceptors (Lipinski definition) is 3. The number of benzene rings is 3. The first-order chi connectivity index (χ1) is 18.2. The topological polar surface area (TPSA) is 43.9 Å². The van der Waals surface area contributed by atoms with Crippen molar-refractivity contribution in [1.82, 2.24) is 14.7 Å². The van der Waals surface area contributed by atoms with Crippen LogP contribution in [0.15, 0.2) is 78.9 Å². The van der Waals surface area contributed by atoms with Crippen molar-refractivity contribution in [2.24, 2.45) is 0 Å². The summed E-state index contributed by atoms with van der Waals surface area (Å²) in [6.07, 6.45) is -3.49. The number of likely N-dealkylation sites (N-methyl/N-ethyl adjacent to an activating group) is 1. The third-order valence-corrected chi connectivity index (χ3v) is 7.58. The maximum atomic E-state index is 13.1. The molecule has 0 N–H and O–H groups in total. The van der Waals surface area contributed by atoms with Crippen molar-refractivity contribution in [2.75, 3.05) is 32.7 Å². The lowest BCUT2D eigenvalue weighted by Gasteiger charge is -2.47. The number of hydrogen-bond donors (Lipinski definition) is 0. The first-order valence-corrected chi connectivity index (χ1v) is 12.9. The zero-order valence-electron chi connectivity index (χ0n) is 21.2. The Labute approximate surface area is 220 Å². The molecule has 8 heteroatoms. The zero-order valence-corrected chi connectivity index (χ0v) is 21.2. The molecule has 2 fully saturated rings. The molecular formula is C30H30F3N3O2. The SMILES string of the molecule is CCN(C1CN(C(=O)c2ccc(-c3cccc(C(F)(F)F)c3)cc2)C1)[C@H]1CCN(C(=O)c2ccccc2)C1. The Morgan fingerprint density at radius 3 is 2.08 bits per heavy atom. The van der Waals surface area contributed by atoms with Crippen LogP contribution < -0.4 is 0 Å². The van der Waals surface area contributed by atoms with E-state index in [1.807, 2.05) is 35.2 Å². The molecule has 5 nitrogen and oxygen atoms in total. The summed E-state index contributed by atoms with van der Waals surface area (Å²) in [7, 11) is 0. The summed E-state index contributed by atoms with van der Waals surface area (Å²) in [5, 5.41) is 0. The number of alkyl halides is 3. The molecule has 0 radical (unpaired) electrons. The van der Waals surface area contributed by atoms with Gasteiger partial charge in [-0.2, -0.15) is 13.2 Å². The van der Waals surface area contributed by atoms with E-state index in [2.05, 4.69) is 11.8 Å². The lowest BCUT2D eigenvalue weighted by atomic mass is 9.99. The predicted molar refractivity (Wildman–Crippen MR) is 140 cm³/mol. The van der Waals surface area contributed by atoms with E-state index in [1.165, 1.54) is 6.07 Å². The molecule has 3 aromatic carbocycles. The van der Waals surface area contributed by atoms with Crippen LogP contribution in [0.25, 0.3) is 11.1 Å². The van der Waals surface area contributed by atoms with Crippen molar-refractivity contribution in [1.29, 1.82) is 0 Å². The first-order valence-electron chi connectivity index (χ1n) is 12.9. The van der Waals surface area contributed by atoms with Gasteiger partial charge in [0.15, 0.2) is 0 Å². The van der Waals surface area contributed by atoms with Gasteiger partial charge in [0.2, 0.25) is 0 Å². The Bertz CT molecular complexity index is 1290. The van der Waals surface area contributed by atoms with E-state index >= 15 is 0 Å².